The van der Waals surface area contributed by atoms with Gasteiger partial charge < -0.3 is 15.4 Å². The quantitative estimate of drug-likeness (QED) is 0.740. The molecule has 2 heterocycles. The first-order valence-electron chi connectivity index (χ1n) is 6.34. The zero-order chi connectivity index (χ0) is 15.1. The summed E-state index contributed by atoms with van der Waals surface area (Å²) in [6.07, 6.45) is 3.31. The fourth-order valence-corrected chi connectivity index (χ4v) is 2.42. The second kappa shape index (κ2) is 7.43. The smallest absolute Gasteiger partial charge is 0.257 e. The van der Waals surface area contributed by atoms with Crippen molar-refractivity contribution in [1.82, 2.24) is 10.3 Å². The van der Waals surface area contributed by atoms with Crippen LogP contribution in [0.5, 0.6) is 0 Å². The van der Waals surface area contributed by atoms with Crippen molar-refractivity contribution in [2.24, 2.45) is 0 Å². The molecule has 0 aliphatic carbocycles. The van der Waals surface area contributed by atoms with Gasteiger partial charge in [0.05, 0.1) is 18.0 Å². The average molecular weight is 302 g/mol. The third-order valence-corrected chi connectivity index (χ3v) is 3.60. The van der Waals surface area contributed by atoms with Crippen LogP contribution in [0, 0.1) is 11.8 Å². The molecule has 0 unspecified atom stereocenters. The van der Waals surface area contributed by atoms with E-state index in [1.165, 1.54) is 29.8 Å². The second-order valence-electron chi connectivity index (χ2n) is 4.15. The van der Waals surface area contributed by atoms with Crippen LogP contribution in [-0.4, -0.2) is 22.6 Å². The third kappa shape index (κ3) is 4.31. The lowest BCUT2D eigenvalue weighted by Gasteiger charge is -2.02. The van der Waals surface area contributed by atoms with E-state index in [0.717, 1.165) is 9.75 Å². The van der Waals surface area contributed by atoms with E-state index in [-0.39, 0.29) is 17.6 Å². The Kier molecular flexibility index (Phi) is 5.32. The number of rotatable bonds is 4. The van der Waals surface area contributed by atoms with Gasteiger partial charge in [0.1, 0.15) is 5.56 Å². The summed E-state index contributed by atoms with van der Waals surface area (Å²) in [5.74, 6) is 5.37. The van der Waals surface area contributed by atoms with Crippen molar-refractivity contribution in [2.75, 3.05) is 6.61 Å². The van der Waals surface area contributed by atoms with Gasteiger partial charge in [0, 0.05) is 29.8 Å². The van der Waals surface area contributed by atoms with E-state index in [0.29, 0.717) is 13.0 Å². The molecule has 0 aliphatic heterocycles. The molecule has 0 fully saturated rings. The van der Waals surface area contributed by atoms with Crippen LogP contribution in [0.4, 0.5) is 0 Å². The number of H-pyrrole nitrogens is 1. The van der Waals surface area contributed by atoms with Gasteiger partial charge in [0.25, 0.3) is 5.91 Å². The van der Waals surface area contributed by atoms with Gasteiger partial charge in [-0.2, -0.15) is 0 Å². The summed E-state index contributed by atoms with van der Waals surface area (Å²) >= 11 is 1.47. The number of aliphatic hydroxyl groups excluding tert-OH is 1. The van der Waals surface area contributed by atoms with Crippen LogP contribution in [0.2, 0.25) is 0 Å². The Balaban J connectivity index is 1.95. The van der Waals surface area contributed by atoms with E-state index in [4.69, 9.17) is 5.11 Å². The number of aromatic amines is 1. The van der Waals surface area contributed by atoms with Crippen LogP contribution in [0.3, 0.4) is 0 Å². The minimum absolute atomic E-state index is 0.0485. The van der Waals surface area contributed by atoms with Crippen molar-refractivity contribution < 1.29 is 9.90 Å². The minimum Gasteiger partial charge on any atom is -0.395 e. The van der Waals surface area contributed by atoms with E-state index < -0.39 is 5.91 Å². The lowest BCUT2D eigenvalue weighted by molar-refractivity contribution is 0.0950. The Morgan fingerprint density at radius 2 is 2.24 bits per heavy atom. The van der Waals surface area contributed by atoms with Gasteiger partial charge >= 0.3 is 0 Å². The SMILES string of the molecule is O=C(NCc1ccc(C#CCCO)s1)c1c[nH]ccc1=O. The number of nitrogens with one attached hydrogen (secondary N) is 2. The fourth-order valence-electron chi connectivity index (χ4n) is 1.60. The molecule has 0 saturated carbocycles. The van der Waals surface area contributed by atoms with Crippen molar-refractivity contribution >= 4 is 17.2 Å². The van der Waals surface area contributed by atoms with Crippen molar-refractivity contribution in [3.63, 3.8) is 0 Å². The molecule has 0 aliphatic rings. The number of amides is 1. The first-order valence-corrected chi connectivity index (χ1v) is 7.16. The van der Waals surface area contributed by atoms with Crippen LogP contribution < -0.4 is 10.7 Å². The molecule has 108 valence electrons. The Morgan fingerprint density at radius 3 is 3.00 bits per heavy atom. The fraction of sp³-hybridized carbons (Fsp3) is 0.200. The van der Waals surface area contributed by atoms with Crippen LogP contribution in [0.25, 0.3) is 0 Å². The highest BCUT2D eigenvalue weighted by molar-refractivity contribution is 7.12. The molecule has 2 aromatic rings. The molecule has 2 aromatic heterocycles. The van der Waals surface area contributed by atoms with Gasteiger partial charge in [-0.1, -0.05) is 11.8 Å². The molecule has 1 amide bonds. The van der Waals surface area contributed by atoms with E-state index in [9.17, 15) is 9.59 Å². The molecule has 3 N–H and O–H groups in total. The van der Waals surface area contributed by atoms with Crippen molar-refractivity contribution in [1.29, 1.82) is 0 Å². The highest BCUT2D eigenvalue weighted by atomic mass is 32.1. The van der Waals surface area contributed by atoms with Crippen LogP contribution in [0.15, 0.2) is 35.4 Å². The van der Waals surface area contributed by atoms with Crippen molar-refractivity contribution in [3.05, 3.63) is 56.1 Å². The number of pyridine rings is 1. The van der Waals surface area contributed by atoms with E-state index in [2.05, 4.69) is 22.1 Å². The third-order valence-electron chi connectivity index (χ3n) is 2.60. The number of carbonyl (C=O) groups is 1. The first-order chi connectivity index (χ1) is 10.2. The van der Waals surface area contributed by atoms with Crippen molar-refractivity contribution in [3.8, 4) is 11.8 Å². The molecule has 21 heavy (non-hydrogen) atoms. The Labute approximate surface area is 125 Å². The predicted octanol–water partition coefficient (Wildman–Crippen LogP) is 1.10. The van der Waals surface area contributed by atoms with Gasteiger partial charge in [-0.15, -0.1) is 11.3 Å². The molecule has 0 radical (unpaired) electrons. The molecule has 2 rings (SSSR count). The van der Waals surface area contributed by atoms with Gasteiger partial charge in [-0.25, -0.2) is 0 Å². The van der Waals surface area contributed by atoms with Gasteiger partial charge in [0.2, 0.25) is 0 Å². The normalized spacial score (nSPS) is 9.76. The maximum absolute atomic E-state index is 11.9. The Hall–Kier alpha value is -2.36. The van der Waals surface area contributed by atoms with Gasteiger partial charge in [-0.3, -0.25) is 9.59 Å². The van der Waals surface area contributed by atoms with E-state index in [1.807, 2.05) is 12.1 Å². The minimum atomic E-state index is -0.404. The molecule has 6 heteroatoms. The molecule has 0 saturated heterocycles. The largest absolute Gasteiger partial charge is 0.395 e. The molecule has 0 bridgehead atoms. The van der Waals surface area contributed by atoms with Crippen LogP contribution in [0.1, 0.15) is 26.5 Å². The zero-order valence-electron chi connectivity index (χ0n) is 11.2. The number of aromatic nitrogens is 1. The molecular formula is C15H14N2O3S. The Morgan fingerprint density at radius 1 is 1.38 bits per heavy atom. The molecular weight excluding hydrogens is 288 g/mol. The maximum Gasteiger partial charge on any atom is 0.257 e. The highest BCUT2D eigenvalue weighted by Gasteiger charge is 2.09. The summed E-state index contributed by atoms with van der Waals surface area (Å²) in [4.78, 5) is 27.9. The average Bonchev–Trinajstić information content (AvgIpc) is 2.93. The predicted molar refractivity (Wildman–Crippen MR) is 81.1 cm³/mol. The first kappa shape index (κ1) is 15.0. The zero-order valence-corrected chi connectivity index (χ0v) is 12.0. The standard InChI is InChI=1S/C15H14N2O3S/c18-8-2-1-3-11-4-5-12(21-11)9-17-15(20)13-10-16-7-6-14(13)19/h4-7,10,18H,2,8-9H2,(H,16,19)(H,17,20). The van der Waals surface area contributed by atoms with E-state index >= 15 is 0 Å². The number of carbonyl (C=O) groups excluding carboxylic acids is 1. The lowest BCUT2D eigenvalue weighted by atomic mass is 10.2. The summed E-state index contributed by atoms with van der Waals surface area (Å²) in [6.45, 7) is 0.395. The van der Waals surface area contributed by atoms with Gasteiger partial charge in [-0.05, 0) is 12.1 Å². The lowest BCUT2D eigenvalue weighted by Crippen LogP contribution is -2.27. The summed E-state index contributed by atoms with van der Waals surface area (Å²) < 4.78 is 0. The summed E-state index contributed by atoms with van der Waals surface area (Å²) in [7, 11) is 0. The molecule has 5 nitrogen and oxygen atoms in total. The molecule has 0 atom stereocenters. The monoisotopic (exact) mass is 302 g/mol. The second-order valence-corrected chi connectivity index (χ2v) is 5.31. The topological polar surface area (TPSA) is 82.2 Å². The van der Waals surface area contributed by atoms with Crippen molar-refractivity contribution in [2.45, 2.75) is 13.0 Å². The maximum atomic E-state index is 11.9. The van der Waals surface area contributed by atoms with Gasteiger partial charge in [0.15, 0.2) is 5.43 Å². The summed E-state index contributed by atoms with van der Waals surface area (Å²) in [6, 6.07) is 5.06. The summed E-state index contributed by atoms with van der Waals surface area (Å²) in [5, 5.41) is 11.4. The van der Waals surface area contributed by atoms with E-state index in [1.54, 1.807) is 0 Å². The molecule has 0 aromatic carbocycles. The number of aliphatic hydroxyl groups is 1. The van der Waals surface area contributed by atoms with Crippen LogP contribution >= 0.6 is 11.3 Å². The number of thiophene rings is 1. The number of hydrogen-bond donors (Lipinski definition) is 3. The molecule has 0 spiro atoms. The highest BCUT2D eigenvalue weighted by Crippen LogP contribution is 2.15. The Bertz CT molecular complexity index is 737. The van der Waals surface area contributed by atoms with Crippen LogP contribution in [-0.2, 0) is 6.54 Å². The summed E-state index contributed by atoms with van der Waals surface area (Å²) in [5.41, 5.74) is -0.218. The number of hydrogen-bond acceptors (Lipinski definition) is 4.